The topological polar surface area (TPSA) is 43.8 Å². The highest BCUT2D eigenvalue weighted by molar-refractivity contribution is 7.13. The first-order valence-electron chi connectivity index (χ1n) is 8.69. The fourth-order valence-electron chi connectivity index (χ4n) is 3.51. The number of aryl methyl sites for hydroxylation is 1. The lowest BCUT2D eigenvalue weighted by Crippen LogP contribution is -2.06. The molecule has 0 aliphatic carbocycles. The molecule has 0 fully saturated rings. The molecule has 0 aliphatic rings. The standard InChI is InChI=1S/C21H20FN3S/c1-2-25-12-18(16-5-3-4-6-20(16)25)17(19-13-26-21(23)24-19)11-14-7-9-15(22)10-8-14/h3-10,12-13,17H,2,11H2,1H3,(H2,23,24). The van der Waals surface area contributed by atoms with E-state index < -0.39 is 0 Å². The molecule has 132 valence electrons. The van der Waals surface area contributed by atoms with Gasteiger partial charge < -0.3 is 10.3 Å². The van der Waals surface area contributed by atoms with Gasteiger partial charge in [-0.25, -0.2) is 9.37 Å². The van der Waals surface area contributed by atoms with Crippen LogP contribution in [0.5, 0.6) is 0 Å². The van der Waals surface area contributed by atoms with E-state index >= 15 is 0 Å². The minimum absolute atomic E-state index is 0.0757. The summed E-state index contributed by atoms with van der Waals surface area (Å²) in [5.41, 5.74) is 10.4. The number of anilines is 1. The van der Waals surface area contributed by atoms with Crippen molar-refractivity contribution in [3.05, 3.63) is 82.7 Å². The predicted molar refractivity (Wildman–Crippen MR) is 106 cm³/mol. The van der Waals surface area contributed by atoms with E-state index in [0.717, 1.165) is 24.2 Å². The molecule has 4 aromatic rings. The molecule has 0 spiro atoms. The Labute approximate surface area is 155 Å². The second-order valence-electron chi connectivity index (χ2n) is 6.38. The van der Waals surface area contributed by atoms with E-state index in [9.17, 15) is 4.39 Å². The maximum Gasteiger partial charge on any atom is 0.180 e. The van der Waals surface area contributed by atoms with Gasteiger partial charge >= 0.3 is 0 Å². The highest BCUT2D eigenvalue weighted by Crippen LogP contribution is 2.35. The van der Waals surface area contributed by atoms with Crippen LogP contribution in [0, 0.1) is 5.82 Å². The van der Waals surface area contributed by atoms with Gasteiger partial charge in [0.25, 0.3) is 0 Å². The zero-order chi connectivity index (χ0) is 18.1. The van der Waals surface area contributed by atoms with Crippen molar-refractivity contribution in [2.45, 2.75) is 25.8 Å². The minimum atomic E-state index is -0.217. The predicted octanol–water partition coefficient (Wildman–Crippen LogP) is 5.21. The third kappa shape index (κ3) is 3.10. The number of benzene rings is 2. The molecule has 4 rings (SSSR count). The van der Waals surface area contributed by atoms with Crippen molar-refractivity contribution in [1.82, 2.24) is 9.55 Å². The number of hydrogen-bond acceptors (Lipinski definition) is 3. The first-order valence-corrected chi connectivity index (χ1v) is 9.56. The van der Waals surface area contributed by atoms with E-state index in [1.807, 2.05) is 17.5 Å². The Hall–Kier alpha value is -2.66. The number of thiazole rings is 1. The molecule has 2 N–H and O–H groups in total. The maximum atomic E-state index is 13.3. The van der Waals surface area contributed by atoms with Crippen LogP contribution in [0.4, 0.5) is 9.52 Å². The van der Waals surface area contributed by atoms with Crippen molar-refractivity contribution in [2.75, 3.05) is 5.73 Å². The van der Waals surface area contributed by atoms with Crippen molar-refractivity contribution in [1.29, 1.82) is 0 Å². The maximum absolute atomic E-state index is 13.3. The average Bonchev–Trinajstić information content (AvgIpc) is 3.25. The molecular weight excluding hydrogens is 345 g/mol. The molecule has 1 unspecified atom stereocenters. The van der Waals surface area contributed by atoms with Gasteiger partial charge in [-0.2, -0.15) is 0 Å². The lowest BCUT2D eigenvalue weighted by Gasteiger charge is -2.15. The third-order valence-corrected chi connectivity index (χ3v) is 5.48. The van der Waals surface area contributed by atoms with E-state index in [1.54, 1.807) is 0 Å². The van der Waals surface area contributed by atoms with Gasteiger partial charge in [-0.3, -0.25) is 0 Å². The number of para-hydroxylation sites is 1. The molecule has 2 heterocycles. The van der Waals surface area contributed by atoms with Crippen molar-refractivity contribution >= 4 is 27.4 Å². The summed E-state index contributed by atoms with van der Waals surface area (Å²) in [5, 5.41) is 3.83. The molecule has 1 atom stereocenters. The van der Waals surface area contributed by atoms with Crippen LogP contribution < -0.4 is 5.73 Å². The Morgan fingerprint density at radius 2 is 1.92 bits per heavy atom. The van der Waals surface area contributed by atoms with Crippen LogP contribution in [0.25, 0.3) is 10.9 Å². The Balaban J connectivity index is 1.84. The molecule has 5 heteroatoms. The zero-order valence-corrected chi connectivity index (χ0v) is 15.3. The molecule has 2 aromatic carbocycles. The molecule has 0 amide bonds. The van der Waals surface area contributed by atoms with Crippen LogP contribution in [0.3, 0.4) is 0 Å². The molecule has 0 saturated heterocycles. The summed E-state index contributed by atoms with van der Waals surface area (Å²) in [6, 6.07) is 15.1. The van der Waals surface area contributed by atoms with E-state index in [1.165, 1.54) is 39.9 Å². The van der Waals surface area contributed by atoms with E-state index in [-0.39, 0.29) is 11.7 Å². The van der Waals surface area contributed by atoms with Crippen molar-refractivity contribution in [3.8, 4) is 0 Å². The van der Waals surface area contributed by atoms with Crippen LogP contribution in [-0.4, -0.2) is 9.55 Å². The fraction of sp³-hybridized carbons (Fsp3) is 0.190. The van der Waals surface area contributed by atoms with Gasteiger partial charge in [-0.05, 0) is 42.7 Å². The molecule has 26 heavy (non-hydrogen) atoms. The van der Waals surface area contributed by atoms with E-state index in [4.69, 9.17) is 5.73 Å². The first kappa shape index (κ1) is 16.8. The summed E-state index contributed by atoms with van der Waals surface area (Å²) in [7, 11) is 0. The van der Waals surface area contributed by atoms with Gasteiger partial charge in [-0.15, -0.1) is 11.3 Å². The smallest absolute Gasteiger partial charge is 0.180 e. The van der Waals surface area contributed by atoms with Gasteiger partial charge in [0.15, 0.2) is 5.13 Å². The van der Waals surface area contributed by atoms with Crippen LogP contribution in [0.15, 0.2) is 60.1 Å². The summed E-state index contributed by atoms with van der Waals surface area (Å²) in [6.07, 6.45) is 2.97. The lowest BCUT2D eigenvalue weighted by molar-refractivity contribution is 0.626. The Kier molecular flexibility index (Phi) is 4.47. The summed E-state index contributed by atoms with van der Waals surface area (Å²) in [5.74, 6) is -0.141. The molecule has 0 bridgehead atoms. The summed E-state index contributed by atoms with van der Waals surface area (Å²) >= 11 is 1.46. The largest absolute Gasteiger partial charge is 0.375 e. The quantitative estimate of drug-likeness (QED) is 0.527. The van der Waals surface area contributed by atoms with E-state index in [0.29, 0.717) is 5.13 Å². The zero-order valence-electron chi connectivity index (χ0n) is 14.5. The van der Waals surface area contributed by atoms with Crippen LogP contribution >= 0.6 is 11.3 Å². The molecular formula is C21H20FN3S. The first-order chi connectivity index (χ1) is 12.7. The molecule has 0 radical (unpaired) electrons. The second-order valence-corrected chi connectivity index (χ2v) is 7.27. The van der Waals surface area contributed by atoms with E-state index in [2.05, 4.69) is 46.9 Å². The van der Waals surface area contributed by atoms with Crippen molar-refractivity contribution in [2.24, 2.45) is 0 Å². The highest BCUT2D eigenvalue weighted by atomic mass is 32.1. The van der Waals surface area contributed by atoms with Crippen molar-refractivity contribution in [3.63, 3.8) is 0 Å². The minimum Gasteiger partial charge on any atom is -0.375 e. The summed E-state index contributed by atoms with van der Waals surface area (Å²) in [4.78, 5) is 4.56. The molecule has 3 nitrogen and oxygen atoms in total. The Morgan fingerprint density at radius 1 is 1.15 bits per heavy atom. The number of nitrogens with zero attached hydrogens (tertiary/aromatic N) is 2. The second kappa shape index (κ2) is 6.92. The Morgan fingerprint density at radius 3 is 2.62 bits per heavy atom. The summed E-state index contributed by atoms with van der Waals surface area (Å²) < 4.78 is 15.6. The van der Waals surface area contributed by atoms with Crippen LogP contribution in [0.1, 0.15) is 29.7 Å². The van der Waals surface area contributed by atoms with Crippen molar-refractivity contribution < 1.29 is 4.39 Å². The molecule has 0 saturated carbocycles. The number of hydrogen-bond donors (Lipinski definition) is 1. The number of halogens is 1. The summed E-state index contributed by atoms with van der Waals surface area (Å²) in [6.45, 7) is 3.05. The lowest BCUT2D eigenvalue weighted by atomic mass is 9.89. The average molecular weight is 365 g/mol. The Bertz CT molecular complexity index is 1030. The van der Waals surface area contributed by atoms with Gasteiger partial charge in [0, 0.05) is 34.9 Å². The number of aromatic nitrogens is 2. The van der Waals surface area contributed by atoms with Crippen LogP contribution in [0.2, 0.25) is 0 Å². The third-order valence-electron chi connectivity index (χ3n) is 4.79. The highest BCUT2D eigenvalue weighted by Gasteiger charge is 2.22. The SMILES string of the molecule is CCn1cc(C(Cc2ccc(F)cc2)c2csc(N)n2)c2ccccc21. The van der Waals surface area contributed by atoms with Gasteiger partial charge in [0.2, 0.25) is 0 Å². The number of nitrogens with two attached hydrogens (primary N) is 1. The normalized spacial score (nSPS) is 12.5. The fourth-order valence-corrected chi connectivity index (χ4v) is 4.12. The van der Waals surface area contributed by atoms with Gasteiger partial charge in [0.05, 0.1) is 5.69 Å². The molecule has 0 aliphatic heterocycles. The number of nitrogen functional groups attached to an aromatic ring is 1. The van der Waals surface area contributed by atoms with Gasteiger partial charge in [-0.1, -0.05) is 30.3 Å². The van der Waals surface area contributed by atoms with Gasteiger partial charge in [0.1, 0.15) is 5.82 Å². The molecule has 2 aromatic heterocycles. The number of fused-ring (bicyclic) bond motifs is 1. The number of rotatable bonds is 5. The van der Waals surface area contributed by atoms with Crippen LogP contribution in [-0.2, 0) is 13.0 Å². The monoisotopic (exact) mass is 365 g/mol.